The first-order valence-electron chi connectivity index (χ1n) is 4.09. The van der Waals surface area contributed by atoms with Gasteiger partial charge in [-0.1, -0.05) is 6.07 Å². The summed E-state index contributed by atoms with van der Waals surface area (Å²) in [5, 5.41) is 10.7. The van der Waals surface area contributed by atoms with Crippen molar-refractivity contribution in [3.8, 4) is 5.75 Å². The molecule has 6 nitrogen and oxygen atoms in total. The Balaban J connectivity index is 2.68. The number of nitrogens with zero attached hydrogens (tertiary/aromatic N) is 1. The molecule has 80 valence electrons. The normalized spacial score (nSPS) is 16.9. The highest BCUT2D eigenvalue weighted by molar-refractivity contribution is 7.86. The van der Waals surface area contributed by atoms with Gasteiger partial charge in [-0.25, -0.2) is 0 Å². The van der Waals surface area contributed by atoms with E-state index >= 15 is 0 Å². The van der Waals surface area contributed by atoms with Crippen LogP contribution < -0.4 is 4.18 Å². The lowest BCUT2D eigenvalue weighted by atomic mass is 10.1. The third kappa shape index (κ3) is 1.65. The molecule has 0 bridgehead atoms. The first kappa shape index (κ1) is 9.91. The van der Waals surface area contributed by atoms with Gasteiger partial charge in [0.05, 0.1) is 4.92 Å². The Kier molecular flexibility index (Phi) is 1.93. The molecular formula is C8H7NO5S. The van der Waals surface area contributed by atoms with E-state index in [0.29, 0.717) is 11.1 Å². The maximum Gasteiger partial charge on any atom is 0.313 e. The summed E-state index contributed by atoms with van der Waals surface area (Å²) >= 11 is 0. The van der Waals surface area contributed by atoms with Crippen LogP contribution in [0.25, 0.3) is 0 Å². The SMILES string of the molecule is Cc1cc2c(c([N+](=O)[O-])c1)OS(=O)(=O)C2. The molecule has 0 spiro atoms. The van der Waals surface area contributed by atoms with Gasteiger partial charge in [0.15, 0.2) is 0 Å². The van der Waals surface area contributed by atoms with Crippen LogP contribution in [0.1, 0.15) is 11.1 Å². The second-order valence-electron chi connectivity index (χ2n) is 3.31. The van der Waals surface area contributed by atoms with Crippen LogP contribution in [0.3, 0.4) is 0 Å². The molecule has 0 aromatic heterocycles. The van der Waals surface area contributed by atoms with E-state index in [2.05, 4.69) is 4.18 Å². The van der Waals surface area contributed by atoms with Crippen LogP contribution in [0.5, 0.6) is 5.75 Å². The predicted octanol–water partition coefficient (Wildman–Crippen LogP) is 1.13. The molecule has 1 heterocycles. The first-order valence-corrected chi connectivity index (χ1v) is 5.67. The molecule has 0 radical (unpaired) electrons. The molecule has 0 unspecified atom stereocenters. The molecule has 0 aliphatic carbocycles. The number of nitro groups is 1. The molecule has 15 heavy (non-hydrogen) atoms. The fraction of sp³-hybridized carbons (Fsp3) is 0.250. The quantitative estimate of drug-likeness (QED) is 0.409. The van der Waals surface area contributed by atoms with Crippen molar-refractivity contribution < 1.29 is 17.5 Å². The van der Waals surface area contributed by atoms with E-state index < -0.39 is 15.0 Å². The molecule has 0 saturated carbocycles. The van der Waals surface area contributed by atoms with Crippen molar-refractivity contribution in [3.63, 3.8) is 0 Å². The van der Waals surface area contributed by atoms with E-state index in [4.69, 9.17) is 0 Å². The van der Waals surface area contributed by atoms with Crippen LogP contribution in [-0.2, 0) is 15.9 Å². The van der Waals surface area contributed by atoms with Crippen LogP contribution in [-0.4, -0.2) is 13.3 Å². The fourth-order valence-corrected chi connectivity index (χ4v) is 2.61. The van der Waals surface area contributed by atoms with Crippen molar-refractivity contribution in [1.29, 1.82) is 0 Å². The fourth-order valence-electron chi connectivity index (χ4n) is 1.51. The van der Waals surface area contributed by atoms with E-state index in [9.17, 15) is 18.5 Å². The second-order valence-corrected chi connectivity index (χ2v) is 4.89. The van der Waals surface area contributed by atoms with Gasteiger partial charge in [-0.2, -0.15) is 8.42 Å². The van der Waals surface area contributed by atoms with Crippen LogP contribution >= 0.6 is 0 Å². The van der Waals surface area contributed by atoms with Gasteiger partial charge in [-0.15, -0.1) is 0 Å². The van der Waals surface area contributed by atoms with Crippen molar-refractivity contribution in [1.82, 2.24) is 0 Å². The summed E-state index contributed by atoms with van der Waals surface area (Å²) in [5.74, 6) is -0.448. The van der Waals surface area contributed by atoms with Crippen LogP contribution in [0.2, 0.25) is 0 Å². The zero-order valence-corrected chi connectivity index (χ0v) is 8.58. The molecule has 1 aromatic carbocycles. The van der Waals surface area contributed by atoms with Gasteiger partial charge in [0, 0.05) is 11.6 Å². The van der Waals surface area contributed by atoms with Crippen molar-refractivity contribution in [2.24, 2.45) is 0 Å². The van der Waals surface area contributed by atoms with Gasteiger partial charge in [0.1, 0.15) is 5.75 Å². The van der Waals surface area contributed by atoms with E-state index in [-0.39, 0.29) is 17.2 Å². The predicted molar refractivity (Wildman–Crippen MR) is 51.1 cm³/mol. The van der Waals surface area contributed by atoms with E-state index in [1.54, 1.807) is 13.0 Å². The minimum atomic E-state index is -3.68. The summed E-state index contributed by atoms with van der Waals surface area (Å²) in [5.41, 5.74) is 0.689. The Morgan fingerprint density at radius 1 is 1.47 bits per heavy atom. The highest BCUT2D eigenvalue weighted by Gasteiger charge is 2.33. The average Bonchev–Trinajstić information content (AvgIpc) is 2.36. The Morgan fingerprint density at radius 2 is 2.13 bits per heavy atom. The summed E-state index contributed by atoms with van der Waals surface area (Å²) in [6.07, 6.45) is 0. The highest BCUT2D eigenvalue weighted by atomic mass is 32.2. The molecule has 0 fully saturated rings. The van der Waals surface area contributed by atoms with Gasteiger partial charge in [-0.05, 0) is 12.5 Å². The lowest BCUT2D eigenvalue weighted by molar-refractivity contribution is -0.385. The van der Waals surface area contributed by atoms with Gasteiger partial charge in [-0.3, -0.25) is 10.1 Å². The van der Waals surface area contributed by atoms with E-state index in [1.807, 2.05) is 0 Å². The molecule has 1 aromatic rings. The zero-order chi connectivity index (χ0) is 11.2. The molecule has 2 rings (SSSR count). The topological polar surface area (TPSA) is 86.5 Å². The largest absolute Gasteiger partial charge is 0.374 e. The van der Waals surface area contributed by atoms with Crippen LogP contribution in [0.15, 0.2) is 12.1 Å². The number of aryl methyl sites for hydroxylation is 1. The van der Waals surface area contributed by atoms with Gasteiger partial charge in [0.2, 0.25) is 5.75 Å². The van der Waals surface area contributed by atoms with Gasteiger partial charge in [0.25, 0.3) is 0 Å². The number of rotatable bonds is 1. The van der Waals surface area contributed by atoms with Crippen molar-refractivity contribution in [2.45, 2.75) is 12.7 Å². The first-order chi connectivity index (χ1) is 6.89. The average molecular weight is 229 g/mol. The van der Waals surface area contributed by atoms with Crippen molar-refractivity contribution in [2.75, 3.05) is 0 Å². The molecule has 0 amide bonds. The third-order valence-corrected chi connectivity index (χ3v) is 3.12. The summed E-state index contributed by atoms with van der Waals surface area (Å²) in [6.45, 7) is 1.66. The standard InChI is InChI=1S/C8H7NO5S/c1-5-2-6-4-15(12,13)14-8(6)7(3-5)9(10)11/h2-3H,4H2,1H3. The maximum atomic E-state index is 11.1. The lowest BCUT2D eigenvalue weighted by Gasteiger charge is -1.99. The minimum Gasteiger partial charge on any atom is -0.374 e. The Morgan fingerprint density at radius 3 is 2.73 bits per heavy atom. The third-order valence-electron chi connectivity index (χ3n) is 2.03. The maximum absolute atomic E-state index is 11.1. The molecule has 1 aliphatic rings. The summed E-state index contributed by atoms with van der Waals surface area (Å²) in [7, 11) is -3.68. The monoisotopic (exact) mass is 229 g/mol. The zero-order valence-electron chi connectivity index (χ0n) is 7.76. The Hall–Kier alpha value is -1.63. The summed E-state index contributed by atoms with van der Waals surface area (Å²) in [6, 6.07) is 2.87. The minimum absolute atomic E-state index is 0.148. The number of fused-ring (bicyclic) bond motifs is 1. The molecule has 1 aliphatic heterocycles. The summed E-state index contributed by atoms with van der Waals surface area (Å²) in [4.78, 5) is 10.0. The van der Waals surface area contributed by atoms with Crippen molar-refractivity contribution in [3.05, 3.63) is 33.4 Å². The molecule has 0 atom stereocenters. The van der Waals surface area contributed by atoms with Gasteiger partial charge < -0.3 is 4.18 Å². The molecular weight excluding hydrogens is 222 g/mol. The number of hydrogen-bond donors (Lipinski definition) is 0. The van der Waals surface area contributed by atoms with Crippen LogP contribution in [0, 0.1) is 17.0 Å². The molecule has 0 saturated heterocycles. The molecule has 0 N–H and O–H groups in total. The van der Waals surface area contributed by atoms with Crippen LogP contribution in [0.4, 0.5) is 5.69 Å². The Bertz CT molecular complexity index is 548. The lowest BCUT2D eigenvalue weighted by Crippen LogP contribution is -2.03. The number of nitro benzene ring substituents is 1. The number of benzene rings is 1. The smallest absolute Gasteiger partial charge is 0.313 e. The molecule has 7 heteroatoms. The van der Waals surface area contributed by atoms with Crippen molar-refractivity contribution >= 4 is 15.8 Å². The van der Waals surface area contributed by atoms with E-state index in [0.717, 1.165) is 0 Å². The summed E-state index contributed by atoms with van der Waals surface area (Å²) < 4.78 is 26.8. The highest BCUT2D eigenvalue weighted by Crippen LogP contribution is 2.39. The Labute approximate surface area is 85.8 Å². The van der Waals surface area contributed by atoms with Gasteiger partial charge >= 0.3 is 15.8 Å². The second kappa shape index (κ2) is 2.93. The van der Waals surface area contributed by atoms with E-state index in [1.165, 1.54) is 6.07 Å². The number of hydrogen-bond acceptors (Lipinski definition) is 5.